The van der Waals surface area contributed by atoms with Gasteiger partial charge in [0.2, 0.25) is 0 Å². The Morgan fingerprint density at radius 1 is 1.40 bits per heavy atom. The first-order chi connectivity index (χ1) is 9.60. The Morgan fingerprint density at radius 2 is 2.10 bits per heavy atom. The number of anilines is 1. The summed E-state index contributed by atoms with van der Waals surface area (Å²) in [5.41, 5.74) is 0.482. The molecule has 1 aliphatic carbocycles. The van der Waals surface area contributed by atoms with E-state index in [4.69, 9.17) is 11.6 Å². The van der Waals surface area contributed by atoms with Crippen molar-refractivity contribution in [3.05, 3.63) is 22.8 Å². The average molecular weight is 296 g/mol. The van der Waals surface area contributed by atoms with Gasteiger partial charge in [0.25, 0.3) is 5.91 Å². The fourth-order valence-corrected chi connectivity index (χ4v) is 2.80. The number of hydrogen-bond acceptors (Lipinski definition) is 3. The topological polar surface area (TPSA) is 54.0 Å². The van der Waals surface area contributed by atoms with Crippen molar-refractivity contribution in [2.24, 2.45) is 11.8 Å². The third-order valence-corrected chi connectivity index (χ3v) is 4.34. The molecule has 5 heteroatoms. The molecule has 2 rings (SSSR count). The van der Waals surface area contributed by atoms with E-state index in [9.17, 15) is 4.79 Å². The predicted octanol–water partition coefficient (Wildman–Crippen LogP) is 3.33. The second-order valence-electron chi connectivity index (χ2n) is 5.64. The molecule has 0 unspecified atom stereocenters. The van der Waals surface area contributed by atoms with E-state index in [1.54, 1.807) is 13.1 Å². The summed E-state index contributed by atoms with van der Waals surface area (Å²) in [6.07, 6.45) is 6.44. The Labute approximate surface area is 125 Å². The smallest absolute Gasteiger partial charge is 0.252 e. The van der Waals surface area contributed by atoms with Gasteiger partial charge in [0.05, 0.1) is 10.6 Å². The Morgan fingerprint density at radius 3 is 2.75 bits per heavy atom. The lowest BCUT2D eigenvalue weighted by Gasteiger charge is -2.26. The van der Waals surface area contributed by atoms with E-state index in [2.05, 4.69) is 22.5 Å². The van der Waals surface area contributed by atoms with E-state index in [0.29, 0.717) is 22.3 Å². The third kappa shape index (κ3) is 3.85. The van der Waals surface area contributed by atoms with Crippen molar-refractivity contribution < 1.29 is 4.79 Å². The van der Waals surface area contributed by atoms with Crippen LogP contribution in [0.3, 0.4) is 0 Å². The highest BCUT2D eigenvalue weighted by atomic mass is 35.5. The summed E-state index contributed by atoms with van der Waals surface area (Å²) in [5, 5.41) is 6.29. The molecule has 0 aliphatic heterocycles. The number of hydrogen-bond donors (Lipinski definition) is 2. The molecule has 2 N–H and O–H groups in total. The highest BCUT2D eigenvalue weighted by molar-refractivity contribution is 6.33. The molecule has 1 aromatic rings. The summed E-state index contributed by atoms with van der Waals surface area (Å²) in [7, 11) is 1.76. The van der Waals surface area contributed by atoms with Gasteiger partial charge in [-0.3, -0.25) is 4.79 Å². The number of nitrogens with one attached hydrogen (secondary N) is 2. The minimum Gasteiger partial charge on any atom is -0.373 e. The summed E-state index contributed by atoms with van der Waals surface area (Å²) in [6, 6.07) is 1.68. The number of halogens is 1. The van der Waals surface area contributed by atoms with Crippen LogP contribution in [0.5, 0.6) is 0 Å². The van der Waals surface area contributed by atoms with E-state index in [1.807, 2.05) is 0 Å². The number of carbonyl (C=O) groups is 1. The quantitative estimate of drug-likeness (QED) is 0.896. The molecule has 1 heterocycles. The lowest BCUT2D eigenvalue weighted by atomic mass is 9.83. The minimum absolute atomic E-state index is 0.118. The zero-order valence-electron chi connectivity index (χ0n) is 12.1. The van der Waals surface area contributed by atoms with E-state index in [1.165, 1.54) is 31.9 Å². The van der Waals surface area contributed by atoms with Gasteiger partial charge in [-0.1, -0.05) is 31.4 Å². The van der Waals surface area contributed by atoms with Crippen LogP contribution in [0.4, 0.5) is 5.82 Å². The number of pyridine rings is 1. The molecular formula is C15H22ClN3O. The van der Waals surface area contributed by atoms with E-state index >= 15 is 0 Å². The molecule has 1 amide bonds. The Balaban J connectivity index is 1.91. The maximum absolute atomic E-state index is 12.2. The molecular weight excluding hydrogens is 274 g/mol. The second kappa shape index (κ2) is 6.93. The van der Waals surface area contributed by atoms with Crippen molar-refractivity contribution in [1.29, 1.82) is 0 Å². The summed E-state index contributed by atoms with van der Waals surface area (Å²) in [6.45, 7) is 3.03. The third-order valence-electron chi connectivity index (χ3n) is 4.04. The first-order valence-electron chi connectivity index (χ1n) is 7.21. The summed E-state index contributed by atoms with van der Waals surface area (Å²) in [4.78, 5) is 16.3. The summed E-state index contributed by atoms with van der Waals surface area (Å²) in [5.74, 6) is 1.95. The largest absolute Gasteiger partial charge is 0.373 e. The molecule has 1 aromatic heterocycles. The van der Waals surface area contributed by atoms with Gasteiger partial charge in [-0.25, -0.2) is 4.98 Å². The standard InChI is InChI=1S/C15H22ClN3O/c1-10-3-5-11(6-4-10)8-19-15(20)12-7-14(17-2)18-9-13(12)16/h7,9-11H,3-6,8H2,1-2H3,(H,17,18)(H,19,20). The first-order valence-corrected chi connectivity index (χ1v) is 7.59. The molecule has 1 fully saturated rings. The van der Waals surface area contributed by atoms with Gasteiger partial charge >= 0.3 is 0 Å². The van der Waals surface area contributed by atoms with Crippen LogP contribution in [0, 0.1) is 11.8 Å². The molecule has 0 bridgehead atoms. The van der Waals surface area contributed by atoms with Crippen LogP contribution >= 0.6 is 11.6 Å². The molecule has 0 spiro atoms. The van der Waals surface area contributed by atoms with Gasteiger partial charge in [0.1, 0.15) is 5.82 Å². The van der Waals surface area contributed by atoms with Gasteiger partial charge < -0.3 is 10.6 Å². The minimum atomic E-state index is -0.118. The molecule has 1 saturated carbocycles. The van der Waals surface area contributed by atoms with Crippen LogP contribution < -0.4 is 10.6 Å². The summed E-state index contributed by atoms with van der Waals surface area (Å²) >= 11 is 6.04. The van der Waals surface area contributed by atoms with Crippen LogP contribution in [-0.2, 0) is 0 Å². The van der Waals surface area contributed by atoms with Gasteiger partial charge in [0.15, 0.2) is 0 Å². The maximum Gasteiger partial charge on any atom is 0.252 e. The lowest BCUT2D eigenvalue weighted by molar-refractivity contribution is 0.0942. The maximum atomic E-state index is 12.2. The number of rotatable bonds is 4. The average Bonchev–Trinajstić information content (AvgIpc) is 2.47. The lowest BCUT2D eigenvalue weighted by Crippen LogP contribution is -2.31. The van der Waals surface area contributed by atoms with Crippen LogP contribution in [0.2, 0.25) is 5.02 Å². The number of aromatic nitrogens is 1. The number of nitrogens with zero attached hydrogens (tertiary/aromatic N) is 1. The van der Waals surface area contributed by atoms with Gasteiger partial charge in [-0.2, -0.15) is 0 Å². The van der Waals surface area contributed by atoms with Crippen molar-refractivity contribution in [3.63, 3.8) is 0 Å². The van der Waals surface area contributed by atoms with Crippen LogP contribution in [-0.4, -0.2) is 24.5 Å². The van der Waals surface area contributed by atoms with Gasteiger partial charge in [-0.15, -0.1) is 0 Å². The van der Waals surface area contributed by atoms with Gasteiger partial charge in [-0.05, 0) is 30.7 Å². The Bertz CT molecular complexity index is 470. The van der Waals surface area contributed by atoms with Crippen molar-refractivity contribution in [1.82, 2.24) is 10.3 Å². The Kier molecular flexibility index (Phi) is 5.24. The van der Waals surface area contributed by atoms with Crippen LogP contribution in [0.15, 0.2) is 12.3 Å². The van der Waals surface area contributed by atoms with Crippen molar-refractivity contribution in [2.45, 2.75) is 32.6 Å². The van der Waals surface area contributed by atoms with E-state index < -0.39 is 0 Å². The number of amides is 1. The molecule has 0 atom stereocenters. The van der Waals surface area contributed by atoms with Gasteiger partial charge in [0, 0.05) is 19.8 Å². The zero-order chi connectivity index (χ0) is 14.5. The molecule has 0 aromatic carbocycles. The SMILES string of the molecule is CNc1cc(C(=O)NCC2CCC(C)CC2)c(Cl)cn1. The molecule has 4 nitrogen and oxygen atoms in total. The fraction of sp³-hybridized carbons (Fsp3) is 0.600. The fourth-order valence-electron chi connectivity index (χ4n) is 2.61. The molecule has 110 valence electrons. The normalized spacial score (nSPS) is 22.4. The molecule has 20 heavy (non-hydrogen) atoms. The monoisotopic (exact) mass is 295 g/mol. The van der Waals surface area contributed by atoms with Crippen LogP contribution in [0.1, 0.15) is 43.0 Å². The highest BCUT2D eigenvalue weighted by Crippen LogP contribution is 2.27. The number of carbonyl (C=O) groups excluding carboxylic acids is 1. The molecule has 1 aliphatic rings. The van der Waals surface area contributed by atoms with E-state index in [0.717, 1.165) is 12.5 Å². The van der Waals surface area contributed by atoms with Crippen molar-refractivity contribution in [3.8, 4) is 0 Å². The van der Waals surface area contributed by atoms with E-state index in [-0.39, 0.29) is 5.91 Å². The van der Waals surface area contributed by atoms with Crippen molar-refractivity contribution in [2.75, 3.05) is 18.9 Å². The van der Waals surface area contributed by atoms with Crippen molar-refractivity contribution >= 4 is 23.3 Å². The predicted molar refractivity (Wildman–Crippen MR) is 82.2 cm³/mol. The molecule has 0 saturated heterocycles. The summed E-state index contributed by atoms with van der Waals surface area (Å²) < 4.78 is 0. The van der Waals surface area contributed by atoms with Crippen LogP contribution in [0.25, 0.3) is 0 Å². The Hall–Kier alpha value is -1.29. The molecule has 0 radical (unpaired) electrons. The second-order valence-corrected chi connectivity index (χ2v) is 6.04. The zero-order valence-corrected chi connectivity index (χ0v) is 12.8. The first kappa shape index (κ1) is 15.1. The highest BCUT2D eigenvalue weighted by Gasteiger charge is 2.19.